The molecule has 0 heterocycles. The van der Waals surface area contributed by atoms with Crippen LogP contribution in [0.15, 0.2) is 0 Å². The maximum atomic E-state index is 9.60. The maximum Gasteiger partial charge on any atom is 0.0863 e. The van der Waals surface area contributed by atoms with E-state index in [1.807, 2.05) is 6.92 Å². The maximum absolute atomic E-state index is 9.60. The first-order chi connectivity index (χ1) is 7.70. The first kappa shape index (κ1) is 16.2. The Labute approximate surface area is 103 Å². The molecule has 2 unspecified atom stereocenters. The molecule has 5 heteroatoms. The second-order valence-corrected chi connectivity index (χ2v) is 4.82. The van der Waals surface area contributed by atoms with E-state index in [0.29, 0.717) is 19.0 Å². The van der Waals surface area contributed by atoms with Gasteiger partial charge in [0.05, 0.1) is 25.4 Å². The lowest BCUT2D eigenvalue weighted by Gasteiger charge is -2.15. The zero-order valence-corrected chi connectivity index (χ0v) is 11.3. The number of methoxy groups -OCH3 is 2. The first-order valence-corrected chi connectivity index (χ1v) is 6.71. The predicted molar refractivity (Wildman–Crippen MR) is 67.1 cm³/mol. The number of aliphatic hydroxyl groups is 1. The quantitative estimate of drug-likeness (QED) is 0.559. The van der Waals surface area contributed by atoms with Gasteiger partial charge in [-0.25, -0.2) is 0 Å². The number of thioether (sulfide) groups is 1. The predicted octanol–water partition coefficient (Wildman–Crippen LogP) is 1.17. The molecule has 2 atom stereocenters. The lowest BCUT2D eigenvalue weighted by molar-refractivity contribution is -0.0257. The van der Waals surface area contributed by atoms with Gasteiger partial charge in [-0.3, -0.25) is 0 Å². The molecule has 16 heavy (non-hydrogen) atoms. The highest BCUT2D eigenvalue weighted by Crippen LogP contribution is 2.06. The van der Waals surface area contributed by atoms with E-state index < -0.39 is 6.10 Å². The van der Waals surface area contributed by atoms with Crippen molar-refractivity contribution in [2.45, 2.75) is 25.6 Å². The van der Waals surface area contributed by atoms with E-state index in [9.17, 15) is 5.11 Å². The second kappa shape index (κ2) is 11.7. The van der Waals surface area contributed by atoms with Crippen LogP contribution in [0, 0.1) is 0 Å². The third kappa shape index (κ3) is 10.7. The highest BCUT2D eigenvalue weighted by atomic mass is 32.2. The molecular weight excluding hydrogens is 228 g/mol. The monoisotopic (exact) mass is 252 g/mol. The summed E-state index contributed by atoms with van der Waals surface area (Å²) in [6, 6.07) is 0. The molecule has 0 saturated carbocycles. The highest BCUT2D eigenvalue weighted by molar-refractivity contribution is 7.99. The summed E-state index contributed by atoms with van der Waals surface area (Å²) >= 11 is 1.73. The minimum Gasteiger partial charge on any atom is -0.390 e. The standard InChI is InChI=1S/C11H24O4S/c1-10(7-14-3)15-8-11(12)9-16-6-4-5-13-2/h10-12H,4-9H2,1-3H3. The van der Waals surface area contributed by atoms with Crippen LogP contribution < -0.4 is 0 Å². The fourth-order valence-corrected chi connectivity index (χ4v) is 1.99. The van der Waals surface area contributed by atoms with Crippen molar-refractivity contribution in [2.24, 2.45) is 0 Å². The van der Waals surface area contributed by atoms with Crippen molar-refractivity contribution in [1.29, 1.82) is 0 Å². The van der Waals surface area contributed by atoms with E-state index >= 15 is 0 Å². The van der Waals surface area contributed by atoms with Crippen LogP contribution in [0.5, 0.6) is 0 Å². The van der Waals surface area contributed by atoms with Crippen molar-refractivity contribution < 1.29 is 19.3 Å². The normalized spacial score (nSPS) is 15.0. The van der Waals surface area contributed by atoms with Gasteiger partial charge in [-0.15, -0.1) is 0 Å². The van der Waals surface area contributed by atoms with Gasteiger partial charge < -0.3 is 19.3 Å². The minimum absolute atomic E-state index is 0.0399. The van der Waals surface area contributed by atoms with Gasteiger partial charge >= 0.3 is 0 Å². The van der Waals surface area contributed by atoms with Crippen LogP contribution in [0.25, 0.3) is 0 Å². The first-order valence-electron chi connectivity index (χ1n) is 5.56. The van der Waals surface area contributed by atoms with Gasteiger partial charge in [0.1, 0.15) is 0 Å². The van der Waals surface area contributed by atoms with Gasteiger partial charge in [0.25, 0.3) is 0 Å². The van der Waals surface area contributed by atoms with Gasteiger partial charge in [-0.05, 0) is 19.1 Å². The molecule has 0 bridgehead atoms. The van der Waals surface area contributed by atoms with Gasteiger partial charge in [-0.1, -0.05) is 0 Å². The molecule has 0 aromatic heterocycles. The summed E-state index contributed by atoms with van der Waals surface area (Å²) in [7, 11) is 3.34. The molecule has 4 nitrogen and oxygen atoms in total. The average molecular weight is 252 g/mol. The number of aliphatic hydroxyl groups excluding tert-OH is 1. The molecular formula is C11H24O4S. The van der Waals surface area contributed by atoms with Crippen LogP contribution in [0.2, 0.25) is 0 Å². The molecule has 0 spiro atoms. The van der Waals surface area contributed by atoms with E-state index in [0.717, 1.165) is 18.8 Å². The topological polar surface area (TPSA) is 47.9 Å². The lowest BCUT2D eigenvalue weighted by atomic mass is 10.4. The molecule has 0 aliphatic heterocycles. The Morgan fingerprint density at radius 1 is 1.19 bits per heavy atom. The zero-order valence-electron chi connectivity index (χ0n) is 10.5. The molecule has 0 rings (SSSR count). The molecule has 98 valence electrons. The largest absolute Gasteiger partial charge is 0.390 e. The Kier molecular flexibility index (Phi) is 11.8. The summed E-state index contributed by atoms with van der Waals surface area (Å²) in [6.45, 7) is 3.65. The van der Waals surface area contributed by atoms with Gasteiger partial charge in [-0.2, -0.15) is 11.8 Å². The van der Waals surface area contributed by atoms with E-state index in [4.69, 9.17) is 14.2 Å². The van der Waals surface area contributed by atoms with Crippen molar-refractivity contribution in [3.8, 4) is 0 Å². The van der Waals surface area contributed by atoms with Gasteiger partial charge in [0.15, 0.2) is 0 Å². The van der Waals surface area contributed by atoms with Crippen molar-refractivity contribution in [1.82, 2.24) is 0 Å². The van der Waals surface area contributed by atoms with Crippen molar-refractivity contribution in [3.63, 3.8) is 0 Å². The van der Waals surface area contributed by atoms with Crippen molar-refractivity contribution >= 4 is 11.8 Å². The highest BCUT2D eigenvalue weighted by Gasteiger charge is 2.07. The third-order valence-electron chi connectivity index (χ3n) is 1.92. The number of rotatable bonds is 11. The summed E-state index contributed by atoms with van der Waals surface area (Å²) in [4.78, 5) is 0. The molecule has 0 aliphatic carbocycles. The smallest absolute Gasteiger partial charge is 0.0863 e. The SMILES string of the molecule is COCCCSCC(O)COC(C)COC. The van der Waals surface area contributed by atoms with Crippen LogP contribution in [-0.4, -0.2) is 62.9 Å². The molecule has 0 amide bonds. The molecule has 1 N–H and O–H groups in total. The summed E-state index contributed by atoms with van der Waals surface area (Å²) < 4.78 is 15.3. The minimum atomic E-state index is -0.396. The Hall–Kier alpha value is 0.190. The van der Waals surface area contributed by atoms with Crippen LogP contribution in [0.4, 0.5) is 0 Å². The Bertz CT molecular complexity index is 146. The fourth-order valence-electron chi connectivity index (χ4n) is 1.13. The van der Waals surface area contributed by atoms with E-state index in [-0.39, 0.29) is 6.10 Å². The summed E-state index contributed by atoms with van der Waals surface area (Å²) in [6.07, 6.45) is 0.666. The van der Waals surface area contributed by atoms with E-state index in [1.165, 1.54) is 0 Å². The second-order valence-electron chi connectivity index (χ2n) is 3.67. The lowest BCUT2D eigenvalue weighted by Crippen LogP contribution is -2.24. The molecule has 0 fully saturated rings. The zero-order chi connectivity index (χ0) is 12.2. The summed E-state index contributed by atoms with van der Waals surface area (Å²) in [5, 5.41) is 9.60. The molecule has 0 aromatic rings. The molecule has 0 aromatic carbocycles. The number of hydrogen-bond acceptors (Lipinski definition) is 5. The Morgan fingerprint density at radius 2 is 1.94 bits per heavy atom. The fraction of sp³-hybridized carbons (Fsp3) is 1.00. The average Bonchev–Trinajstić information content (AvgIpc) is 2.26. The molecule has 0 radical (unpaired) electrons. The molecule has 0 aliphatic rings. The molecule has 0 saturated heterocycles. The van der Waals surface area contributed by atoms with Gasteiger partial charge in [0.2, 0.25) is 0 Å². The summed E-state index contributed by atoms with van der Waals surface area (Å²) in [5.74, 6) is 1.72. The summed E-state index contributed by atoms with van der Waals surface area (Å²) in [5.41, 5.74) is 0. The Balaban J connectivity index is 3.27. The van der Waals surface area contributed by atoms with Crippen molar-refractivity contribution in [3.05, 3.63) is 0 Å². The number of ether oxygens (including phenoxy) is 3. The van der Waals surface area contributed by atoms with Gasteiger partial charge in [0, 0.05) is 26.6 Å². The number of hydrogen-bond donors (Lipinski definition) is 1. The van der Waals surface area contributed by atoms with Crippen LogP contribution in [-0.2, 0) is 14.2 Å². The van der Waals surface area contributed by atoms with Crippen LogP contribution >= 0.6 is 11.8 Å². The van der Waals surface area contributed by atoms with Crippen LogP contribution in [0.1, 0.15) is 13.3 Å². The van der Waals surface area contributed by atoms with E-state index in [1.54, 1.807) is 26.0 Å². The van der Waals surface area contributed by atoms with Crippen molar-refractivity contribution in [2.75, 3.05) is 45.5 Å². The van der Waals surface area contributed by atoms with Crippen LogP contribution in [0.3, 0.4) is 0 Å². The Morgan fingerprint density at radius 3 is 2.56 bits per heavy atom. The van der Waals surface area contributed by atoms with E-state index in [2.05, 4.69) is 0 Å². The third-order valence-corrected chi connectivity index (χ3v) is 3.12.